The zero-order chi connectivity index (χ0) is 14.4. The number of hydrogen-bond donors (Lipinski definition) is 2. The number of aliphatic hydroxyl groups is 1. The number of hydrogen-bond acceptors (Lipinski definition) is 2. The highest BCUT2D eigenvalue weighted by Crippen LogP contribution is 2.29. The Morgan fingerprint density at radius 3 is 2.70 bits per heavy atom. The second kappa shape index (κ2) is 7.12. The van der Waals surface area contributed by atoms with Gasteiger partial charge in [-0.1, -0.05) is 30.9 Å². The van der Waals surface area contributed by atoms with Gasteiger partial charge in [0.05, 0.1) is 5.69 Å². The van der Waals surface area contributed by atoms with E-state index in [2.05, 4.69) is 24.1 Å². The number of anilines is 1. The molecule has 0 heterocycles. The number of amides is 1. The molecule has 2 rings (SSSR count). The highest BCUT2D eigenvalue weighted by molar-refractivity contribution is 5.93. The third-order valence-electron chi connectivity index (χ3n) is 3.87. The molecule has 0 saturated heterocycles. The molecule has 0 radical (unpaired) electrons. The fourth-order valence-corrected chi connectivity index (χ4v) is 2.59. The highest BCUT2D eigenvalue weighted by atomic mass is 16.2. The van der Waals surface area contributed by atoms with Gasteiger partial charge in [0.2, 0.25) is 5.91 Å². The summed E-state index contributed by atoms with van der Waals surface area (Å²) in [4.78, 5) is 12.3. The molecule has 0 atom stereocenters. The first-order valence-electron chi connectivity index (χ1n) is 7.20. The Kier molecular flexibility index (Phi) is 5.20. The Hall–Kier alpha value is -1.79. The number of aliphatic hydroxyl groups excluding tert-OH is 1. The van der Waals surface area contributed by atoms with Crippen molar-refractivity contribution < 1.29 is 9.90 Å². The van der Waals surface area contributed by atoms with E-state index >= 15 is 0 Å². The molecular weight excluding hydrogens is 250 g/mol. The Morgan fingerprint density at radius 2 is 2.00 bits per heavy atom. The van der Waals surface area contributed by atoms with Gasteiger partial charge in [0.1, 0.15) is 6.61 Å². The fourth-order valence-electron chi connectivity index (χ4n) is 2.59. The van der Waals surface area contributed by atoms with Crippen molar-refractivity contribution in [2.45, 2.75) is 32.6 Å². The number of carbonyl (C=O) groups excluding carboxylic acids is 1. The smallest absolute Gasteiger partial charge is 0.227 e. The monoisotopic (exact) mass is 271 g/mol. The number of nitrogens with one attached hydrogen (secondary N) is 1. The Balaban J connectivity index is 2.04. The largest absolute Gasteiger partial charge is 0.384 e. The van der Waals surface area contributed by atoms with Crippen LogP contribution in [0.15, 0.2) is 24.3 Å². The lowest BCUT2D eigenvalue weighted by atomic mass is 9.82. The third-order valence-corrected chi connectivity index (χ3v) is 3.87. The molecule has 20 heavy (non-hydrogen) atoms. The van der Waals surface area contributed by atoms with Crippen LogP contribution >= 0.6 is 0 Å². The molecule has 2 N–H and O–H groups in total. The highest BCUT2D eigenvalue weighted by Gasteiger charge is 2.24. The molecular formula is C17H21NO2. The van der Waals surface area contributed by atoms with Gasteiger partial charge >= 0.3 is 0 Å². The van der Waals surface area contributed by atoms with Crippen molar-refractivity contribution in [1.82, 2.24) is 0 Å². The lowest BCUT2D eigenvalue weighted by Crippen LogP contribution is -2.26. The summed E-state index contributed by atoms with van der Waals surface area (Å²) in [5, 5.41) is 11.7. The van der Waals surface area contributed by atoms with Crippen LogP contribution in [0.4, 0.5) is 5.69 Å². The minimum absolute atomic E-state index is 0.0927. The second-order valence-electron chi connectivity index (χ2n) is 5.45. The number of rotatable bonds is 2. The molecule has 0 bridgehead atoms. The van der Waals surface area contributed by atoms with Gasteiger partial charge in [-0.2, -0.15) is 0 Å². The molecule has 1 amide bonds. The van der Waals surface area contributed by atoms with E-state index in [-0.39, 0.29) is 18.4 Å². The van der Waals surface area contributed by atoms with Gasteiger partial charge in [-0.15, -0.1) is 0 Å². The van der Waals surface area contributed by atoms with Gasteiger partial charge in [0.25, 0.3) is 0 Å². The summed E-state index contributed by atoms with van der Waals surface area (Å²) >= 11 is 0. The standard InChI is InChI=1S/C17H21NO2/c1-13-8-10-15(11-9-13)17(20)18-16-7-3-2-5-14(16)6-4-12-19/h2-3,5,7,13,15,19H,8-12H2,1H3,(H,18,20). The van der Waals surface area contributed by atoms with Crippen molar-refractivity contribution in [3.05, 3.63) is 29.8 Å². The Morgan fingerprint density at radius 1 is 1.30 bits per heavy atom. The molecule has 1 aliphatic carbocycles. The van der Waals surface area contributed by atoms with Crippen LogP contribution in [0.1, 0.15) is 38.2 Å². The van der Waals surface area contributed by atoms with E-state index in [1.807, 2.05) is 24.3 Å². The van der Waals surface area contributed by atoms with Gasteiger partial charge < -0.3 is 10.4 Å². The maximum absolute atomic E-state index is 12.3. The van der Waals surface area contributed by atoms with Crippen molar-refractivity contribution in [1.29, 1.82) is 0 Å². The van der Waals surface area contributed by atoms with Crippen molar-refractivity contribution >= 4 is 11.6 Å². The topological polar surface area (TPSA) is 49.3 Å². The van der Waals surface area contributed by atoms with Crippen LogP contribution in [-0.4, -0.2) is 17.6 Å². The van der Waals surface area contributed by atoms with Gasteiger partial charge in [-0.3, -0.25) is 4.79 Å². The van der Waals surface area contributed by atoms with Crippen LogP contribution in [0.3, 0.4) is 0 Å². The summed E-state index contributed by atoms with van der Waals surface area (Å²) in [7, 11) is 0. The molecule has 0 unspecified atom stereocenters. The van der Waals surface area contributed by atoms with Crippen LogP contribution in [0.25, 0.3) is 0 Å². The Bertz CT molecular complexity index is 519. The van der Waals surface area contributed by atoms with E-state index in [4.69, 9.17) is 5.11 Å². The van der Waals surface area contributed by atoms with E-state index in [0.717, 1.165) is 42.9 Å². The van der Waals surface area contributed by atoms with E-state index in [1.165, 1.54) is 0 Å². The molecule has 106 valence electrons. The van der Waals surface area contributed by atoms with Crippen LogP contribution in [-0.2, 0) is 4.79 Å². The van der Waals surface area contributed by atoms with Gasteiger partial charge in [0, 0.05) is 11.5 Å². The first-order valence-corrected chi connectivity index (χ1v) is 7.20. The maximum Gasteiger partial charge on any atom is 0.227 e. The summed E-state index contributed by atoms with van der Waals surface area (Å²) < 4.78 is 0. The van der Waals surface area contributed by atoms with Crippen LogP contribution in [0.5, 0.6) is 0 Å². The van der Waals surface area contributed by atoms with E-state index in [9.17, 15) is 4.79 Å². The molecule has 1 aliphatic rings. The second-order valence-corrected chi connectivity index (χ2v) is 5.45. The van der Waals surface area contributed by atoms with Crippen molar-refractivity contribution in [3.8, 4) is 11.8 Å². The van der Waals surface area contributed by atoms with Crippen molar-refractivity contribution in [2.75, 3.05) is 11.9 Å². The van der Waals surface area contributed by atoms with Gasteiger partial charge in [-0.25, -0.2) is 0 Å². The Labute approximate surface area is 120 Å². The molecule has 0 aromatic heterocycles. The molecule has 1 aromatic rings. The molecule has 1 saturated carbocycles. The first-order chi connectivity index (χ1) is 9.70. The van der Waals surface area contributed by atoms with Gasteiger partial charge in [0.15, 0.2) is 0 Å². The number of benzene rings is 1. The summed E-state index contributed by atoms with van der Waals surface area (Å²) in [6.07, 6.45) is 4.20. The number of carbonyl (C=O) groups is 1. The molecule has 0 aliphatic heterocycles. The van der Waals surface area contributed by atoms with Crippen LogP contribution in [0, 0.1) is 23.7 Å². The average Bonchev–Trinajstić information content (AvgIpc) is 2.47. The normalized spacial score (nSPS) is 21.7. The van der Waals surface area contributed by atoms with E-state index in [1.54, 1.807) is 0 Å². The number of para-hydroxylation sites is 1. The zero-order valence-electron chi connectivity index (χ0n) is 11.9. The summed E-state index contributed by atoms with van der Waals surface area (Å²) in [5.41, 5.74) is 1.48. The predicted molar refractivity (Wildman–Crippen MR) is 80.2 cm³/mol. The third kappa shape index (κ3) is 3.85. The van der Waals surface area contributed by atoms with Crippen molar-refractivity contribution in [2.24, 2.45) is 11.8 Å². The van der Waals surface area contributed by atoms with Crippen LogP contribution < -0.4 is 5.32 Å². The molecule has 3 nitrogen and oxygen atoms in total. The summed E-state index contributed by atoms with van der Waals surface area (Å²) in [5.74, 6) is 6.43. The molecule has 1 aromatic carbocycles. The van der Waals surface area contributed by atoms with E-state index in [0.29, 0.717) is 0 Å². The van der Waals surface area contributed by atoms with Gasteiger partial charge in [-0.05, 0) is 43.7 Å². The lowest BCUT2D eigenvalue weighted by Gasteiger charge is -2.25. The molecule has 3 heteroatoms. The zero-order valence-corrected chi connectivity index (χ0v) is 11.9. The van der Waals surface area contributed by atoms with Crippen LogP contribution in [0.2, 0.25) is 0 Å². The molecule has 0 spiro atoms. The van der Waals surface area contributed by atoms with E-state index < -0.39 is 0 Å². The SMILES string of the molecule is CC1CCC(C(=O)Nc2ccccc2C#CCO)CC1. The lowest BCUT2D eigenvalue weighted by molar-refractivity contribution is -0.121. The van der Waals surface area contributed by atoms with Crippen molar-refractivity contribution in [3.63, 3.8) is 0 Å². The summed E-state index contributed by atoms with van der Waals surface area (Å²) in [6.45, 7) is 2.07. The minimum Gasteiger partial charge on any atom is -0.384 e. The maximum atomic E-state index is 12.3. The average molecular weight is 271 g/mol. The molecule has 1 fully saturated rings. The minimum atomic E-state index is -0.178. The fraction of sp³-hybridized carbons (Fsp3) is 0.471. The summed E-state index contributed by atoms with van der Waals surface area (Å²) in [6, 6.07) is 7.45. The first kappa shape index (κ1) is 14.6. The quantitative estimate of drug-likeness (QED) is 0.813. The predicted octanol–water partition coefficient (Wildman–Crippen LogP) is 2.80.